The Labute approximate surface area is 110 Å². The molecule has 1 heterocycles. The molecule has 1 aliphatic carbocycles. The molecule has 0 saturated heterocycles. The molecular formula is C11H15ClN4O2. The van der Waals surface area contributed by atoms with E-state index in [0.717, 1.165) is 19.4 Å². The fourth-order valence-electron chi connectivity index (χ4n) is 1.87. The predicted molar refractivity (Wildman–Crippen MR) is 68.9 cm³/mol. The van der Waals surface area contributed by atoms with Crippen molar-refractivity contribution < 1.29 is 4.92 Å². The zero-order valence-electron chi connectivity index (χ0n) is 10.3. The fourth-order valence-corrected chi connectivity index (χ4v) is 2.00. The largest absolute Gasteiger partial charge is 0.348 e. The molecule has 1 saturated carbocycles. The van der Waals surface area contributed by atoms with E-state index in [1.165, 1.54) is 6.20 Å². The molecule has 7 heteroatoms. The average molecular weight is 271 g/mol. The maximum absolute atomic E-state index is 11.0. The van der Waals surface area contributed by atoms with Gasteiger partial charge in [-0.15, -0.1) is 0 Å². The Bertz CT molecular complexity index is 462. The Balaban J connectivity index is 2.38. The number of hydrogen-bond acceptors (Lipinski definition) is 5. The van der Waals surface area contributed by atoms with Gasteiger partial charge in [-0.2, -0.15) is 4.98 Å². The zero-order valence-corrected chi connectivity index (χ0v) is 11.1. The first-order valence-corrected chi connectivity index (χ1v) is 6.30. The molecule has 6 nitrogen and oxygen atoms in total. The molecule has 0 spiro atoms. The zero-order chi connectivity index (χ0) is 13.3. The van der Waals surface area contributed by atoms with Crippen LogP contribution in [0, 0.1) is 16.0 Å². The van der Waals surface area contributed by atoms with Crippen LogP contribution in [0.3, 0.4) is 0 Å². The molecule has 18 heavy (non-hydrogen) atoms. The summed E-state index contributed by atoms with van der Waals surface area (Å²) in [5.41, 5.74) is -0.0769. The molecule has 0 unspecified atom stereocenters. The second-order valence-corrected chi connectivity index (χ2v) is 5.22. The second-order valence-electron chi connectivity index (χ2n) is 4.88. The Morgan fingerprint density at radius 2 is 2.28 bits per heavy atom. The van der Waals surface area contributed by atoms with Gasteiger partial charge in [0.25, 0.3) is 0 Å². The van der Waals surface area contributed by atoms with Crippen molar-refractivity contribution in [3.63, 3.8) is 0 Å². The number of aromatic nitrogens is 2. The summed E-state index contributed by atoms with van der Waals surface area (Å²) in [6.07, 6.45) is 3.28. The van der Waals surface area contributed by atoms with Crippen molar-refractivity contribution in [2.75, 3.05) is 11.4 Å². The van der Waals surface area contributed by atoms with Crippen LogP contribution in [0.15, 0.2) is 6.20 Å². The fraction of sp³-hybridized carbons (Fsp3) is 0.636. The molecule has 1 aromatic heterocycles. The molecule has 1 aliphatic rings. The van der Waals surface area contributed by atoms with E-state index in [2.05, 4.69) is 23.8 Å². The second kappa shape index (κ2) is 5.06. The Morgan fingerprint density at radius 3 is 2.78 bits per heavy atom. The maximum atomic E-state index is 11.0. The van der Waals surface area contributed by atoms with Crippen LogP contribution in [-0.4, -0.2) is 27.5 Å². The third kappa shape index (κ3) is 2.87. The number of hydrogen-bond donors (Lipinski definition) is 0. The van der Waals surface area contributed by atoms with Gasteiger partial charge in [0.1, 0.15) is 6.20 Å². The van der Waals surface area contributed by atoms with E-state index in [-0.39, 0.29) is 11.0 Å². The molecule has 2 rings (SSSR count). The van der Waals surface area contributed by atoms with Crippen LogP contribution in [0.25, 0.3) is 0 Å². The van der Waals surface area contributed by atoms with Crippen molar-refractivity contribution in [1.82, 2.24) is 9.97 Å². The summed E-state index contributed by atoms with van der Waals surface area (Å²) < 4.78 is 0. The molecule has 0 atom stereocenters. The number of nitrogens with zero attached hydrogens (tertiary/aromatic N) is 4. The highest BCUT2D eigenvalue weighted by Gasteiger charge is 2.34. The summed E-state index contributed by atoms with van der Waals surface area (Å²) in [4.78, 5) is 20.3. The number of rotatable bonds is 5. The van der Waals surface area contributed by atoms with Crippen LogP contribution >= 0.6 is 11.6 Å². The van der Waals surface area contributed by atoms with Crippen LogP contribution < -0.4 is 4.90 Å². The van der Waals surface area contributed by atoms with Crippen molar-refractivity contribution in [2.45, 2.75) is 32.7 Å². The van der Waals surface area contributed by atoms with E-state index in [0.29, 0.717) is 17.8 Å². The highest BCUT2D eigenvalue weighted by molar-refractivity contribution is 6.28. The quantitative estimate of drug-likeness (QED) is 0.467. The lowest BCUT2D eigenvalue weighted by molar-refractivity contribution is -0.384. The van der Waals surface area contributed by atoms with Gasteiger partial charge in [-0.25, -0.2) is 4.98 Å². The van der Waals surface area contributed by atoms with Crippen LogP contribution in [0.1, 0.15) is 26.7 Å². The number of anilines is 1. The van der Waals surface area contributed by atoms with Gasteiger partial charge in [0.2, 0.25) is 11.1 Å². The van der Waals surface area contributed by atoms with Crippen molar-refractivity contribution in [3.8, 4) is 0 Å². The van der Waals surface area contributed by atoms with Crippen molar-refractivity contribution in [1.29, 1.82) is 0 Å². The van der Waals surface area contributed by atoms with Gasteiger partial charge in [-0.1, -0.05) is 13.8 Å². The van der Waals surface area contributed by atoms with Crippen LogP contribution in [-0.2, 0) is 0 Å². The number of halogens is 1. The standard InChI is InChI=1S/C11H15ClN4O2/c1-7(2)6-15(8-3-4-8)10-9(16(17)18)5-13-11(12)14-10/h5,7-8H,3-4,6H2,1-2H3. The summed E-state index contributed by atoms with van der Waals surface area (Å²) in [6.45, 7) is 4.88. The predicted octanol–water partition coefficient (Wildman–Crippen LogP) is 2.66. The minimum atomic E-state index is -0.457. The highest BCUT2D eigenvalue weighted by Crippen LogP contribution is 2.36. The van der Waals surface area contributed by atoms with Crippen LogP contribution in [0.5, 0.6) is 0 Å². The van der Waals surface area contributed by atoms with Gasteiger partial charge in [-0.3, -0.25) is 10.1 Å². The third-order valence-electron chi connectivity index (χ3n) is 2.74. The molecule has 0 radical (unpaired) electrons. The minimum Gasteiger partial charge on any atom is -0.348 e. The highest BCUT2D eigenvalue weighted by atomic mass is 35.5. The van der Waals surface area contributed by atoms with Crippen molar-refractivity contribution >= 4 is 23.1 Å². The summed E-state index contributed by atoms with van der Waals surface area (Å²) in [6, 6.07) is 0.345. The summed E-state index contributed by atoms with van der Waals surface area (Å²) in [5.74, 6) is 0.746. The summed E-state index contributed by atoms with van der Waals surface area (Å²) >= 11 is 5.76. The molecule has 0 aliphatic heterocycles. The van der Waals surface area contributed by atoms with Crippen LogP contribution in [0.2, 0.25) is 5.28 Å². The Kier molecular flexibility index (Phi) is 3.65. The third-order valence-corrected chi connectivity index (χ3v) is 2.92. The number of nitro groups is 1. The lowest BCUT2D eigenvalue weighted by Crippen LogP contribution is -2.31. The van der Waals surface area contributed by atoms with Gasteiger partial charge in [0.15, 0.2) is 0 Å². The lowest BCUT2D eigenvalue weighted by atomic mass is 10.2. The molecule has 0 bridgehead atoms. The van der Waals surface area contributed by atoms with Crippen molar-refractivity contribution in [3.05, 3.63) is 21.6 Å². The van der Waals surface area contributed by atoms with E-state index in [1.54, 1.807) is 0 Å². The lowest BCUT2D eigenvalue weighted by Gasteiger charge is -2.24. The molecule has 98 valence electrons. The minimum absolute atomic E-state index is 0.0463. The van der Waals surface area contributed by atoms with E-state index < -0.39 is 4.92 Å². The first-order valence-electron chi connectivity index (χ1n) is 5.92. The first kappa shape index (κ1) is 13.0. The summed E-state index contributed by atoms with van der Waals surface area (Å²) in [7, 11) is 0. The van der Waals surface area contributed by atoms with Gasteiger partial charge in [0, 0.05) is 12.6 Å². The van der Waals surface area contributed by atoms with E-state index in [4.69, 9.17) is 11.6 Å². The molecular weight excluding hydrogens is 256 g/mol. The molecule has 1 fully saturated rings. The van der Waals surface area contributed by atoms with Gasteiger partial charge in [-0.05, 0) is 30.4 Å². The smallest absolute Gasteiger partial charge is 0.329 e. The van der Waals surface area contributed by atoms with Gasteiger partial charge in [0.05, 0.1) is 4.92 Å². The topological polar surface area (TPSA) is 72.2 Å². The molecule has 1 aromatic rings. The van der Waals surface area contributed by atoms with E-state index in [1.807, 2.05) is 4.90 Å². The first-order chi connectivity index (χ1) is 8.49. The molecule has 0 amide bonds. The van der Waals surface area contributed by atoms with E-state index in [9.17, 15) is 10.1 Å². The molecule has 0 aromatic carbocycles. The Hall–Kier alpha value is -1.43. The van der Waals surface area contributed by atoms with Crippen LogP contribution in [0.4, 0.5) is 11.5 Å². The monoisotopic (exact) mass is 270 g/mol. The maximum Gasteiger partial charge on any atom is 0.329 e. The van der Waals surface area contributed by atoms with E-state index >= 15 is 0 Å². The Morgan fingerprint density at radius 1 is 1.61 bits per heavy atom. The van der Waals surface area contributed by atoms with Gasteiger partial charge >= 0.3 is 5.69 Å². The summed E-state index contributed by atoms with van der Waals surface area (Å²) in [5, 5.41) is 11.1. The average Bonchev–Trinajstić information content (AvgIpc) is 3.08. The SMILES string of the molecule is CC(C)CN(c1nc(Cl)ncc1[N+](=O)[O-])C1CC1. The van der Waals surface area contributed by atoms with Crippen molar-refractivity contribution in [2.24, 2.45) is 5.92 Å². The molecule has 0 N–H and O–H groups in total. The van der Waals surface area contributed by atoms with Gasteiger partial charge < -0.3 is 4.90 Å². The normalized spacial score (nSPS) is 14.9.